The van der Waals surface area contributed by atoms with E-state index in [2.05, 4.69) is 10.6 Å². The predicted octanol–water partition coefficient (Wildman–Crippen LogP) is 4.86. The maximum absolute atomic E-state index is 12.9. The minimum atomic E-state index is -0.456. The van der Waals surface area contributed by atoms with Crippen LogP contribution >= 0.6 is 0 Å². The highest BCUT2D eigenvalue weighted by molar-refractivity contribution is 6.07. The van der Waals surface area contributed by atoms with E-state index in [9.17, 15) is 14.4 Å². The van der Waals surface area contributed by atoms with E-state index in [1.165, 1.54) is 0 Å². The van der Waals surface area contributed by atoms with E-state index in [0.717, 1.165) is 22.4 Å². The average molecular weight is 442 g/mol. The van der Waals surface area contributed by atoms with E-state index in [0.29, 0.717) is 16.9 Å². The van der Waals surface area contributed by atoms with E-state index in [1.807, 2.05) is 63.2 Å². The van der Waals surface area contributed by atoms with Crippen molar-refractivity contribution in [2.75, 3.05) is 22.1 Å². The maximum Gasteiger partial charge on any atom is 0.255 e. The van der Waals surface area contributed by atoms with Gasteiger partial charge in [-0.05, 0) is 73.9 Å². The van der Waals surface area contributed by atoms with Crippen molar-refractivity contribution in [3.05, 3.63) is 89.0 Å². The van der Waals surface area contributed by atoms with Crippen LogP contribution < -0.4 is 15.5 Å². The first-order valence-corrected chi connectivity index (χ1v) is 11.0. The highest BCUT2D eigenvalue weighted by Crippen LogP contribution is 2.28. The summed E-state index contributed by atoms with van der Waals surface area (Å²) in [6.45, 7) is 6.19. The quantitative estimate of drug-likeness (QED) is 0.594. The van der Waals surface area contributed by atoms with Crippen LogP contribution in [0, 0.1) is 26.7 Å². The topological polar surface area (TPSA) is 78.5 Å². The average Bonchev–Trinajstić information content (AvgIpc) is 3.19. The number of nitrogens with zero attached hydrogens (tertiary/aromatic N) is 1. The minimum Gasteiger partial charge on any atom is -0.326 e. The number of anilines is 3. The molecule has 2 N–H and O–H groups in total. The van der Waals surface area contributed by atoms with E-state index in [-0.39, 0.29) is 30.7 Å². The van der Waals surface area contributed by atoms with Crippen molar-refractivity contribution >= 4 is 34.8 Å². The fourth-order valence-electron chi connectivity index (χ4n) is 4.00. The summed E-state index contributed by atoms with van der Waals surface area (Å²) in [6.07, 6.45) is 0.135. The largest absolute Gasteiger partial charge is 0.326 e. The van der Waals surface area contributed by atoms with E-state index in [1.54, 1.807) is 29.2 Å². The van der Waals surface area contributed by atoms with Crippen molar-refractivity contribution in [2.45, 2.75) is 27.2 Å². The molecular weight excluding hydrogens is 414 g/mol. The summed E-state index contributed by atoms with van der Waals surface area (Å²) in [5, 5.41) is 5.85. The molecule has 3 aromatic carbocycles. The Morgan fingerprint density at radius 1 is 0.909 bits per heavy atom. The van der Waals surface area contributed by atoms with Gasteiger partial charge >= 0.3 is 0 Å². The summed E-state index contributed by atoms with van der Waals surface area (Å²) in [6, 6.07) is 20.3. The fourth-order valence-corrected chi connectivity index (χ4v) is 4.00. The van der Waals surface area contributed by atoms with Gasteiger partial charge in [-0.15, -0.1) is 0 Å². The highest BCUT2D eigenvalue weighted by atomic mass is 16.2. The van der Waals surface area contributed by atoms with E-state index in [4.69, 9.17) is 0 Å². The van der Waals surface area contributed by atoms with Crippen molar-refractivity contribution in [1.29, 1.82) is 0 Å². The van der Waals surface area contributed by atoms with Crippen LogP contribution in [0.15, 0.2) is 66.7 Å². The Labute approximate surface area is 193 Å². The Kier molecular flexibility index (Phi) is 6.27. The predicted molar refractivity (Wildman–Crippen MR) is 131 cm³/mol. The second-order valence-electron chi connectivity index (χ2n) is 8.52. The van der Waals surface area contributed by atoms with Crippen molar-refractivity contribution in [1.82, 2.24) is 0 Å². The van der Waals surface area contributed by atoms with Crippen LogP contribution in [0.1, 0.15) is 33.5 Å². The van der Waals surface area contributed by atoms with Gasteiger partial charge in [0.2, 0.25) is 11.8 Å². The Morgan fingerprint density at radius 2 is 1.67 bits per heavy atom. The highest BCUT2D eigenvalue weighted by Gasteiger charge is 2.35. The third-order valence-electron chi connectivity index (χ3n) is 6.05. The van der Waals surface area contributed by atoms with Gasteiger partial charge in [0, 0.05) is 35.6 Å². The van der Waals surface area contributed by atoms with Gasteiger partial charge in [-0.25, -0.2) is 0 Å². The summed E-state index contributed by atoms with van der Waals surface area (Å²) in [7, 11) is 0. The van der Waals surface area contributed by atoms with Gasteiger partial charge in [0.15, 0.2) is 0 Å². The second-order valence-corrected chi connectivity index (χ2v) is 8.52. The Balaban J connectivity index is 1.46. The van der Waals surface area contributed by atoms with Crippen LogP contribution in [0.5, 0.6) is 0 Å². The second kappa shape index (κ2) is 9.28. The summed E-state index contributed by atoms with van der Waals surface area (Å²) in [4.78, 5) is 39.9. The fraction of sp³-hybridized carbons (Fsp3) is 0.222. The number of amides is 3. The summed E-state index contributed by atoms with van der Waals surface area (Å²) < 4.78 is 0. The summed E-state index contributed by atoms with van der Waals surface area (Å²) in [5.41, 5.74) is 5.70. The molecule has 4 rings (SSSR count). The molecule has 0 aromatic heterocycles. The third-order valence-corrected chi connectivity index (χ3v) is 6.05. The molecule has 1 heterocycles. The lowest BCUT2D eigenvalue weighted by atomic mass is 10.1. The molecule has 1 aliphatic heterocycles. The van der Waals surface area contributed by atoms with Gasteiger partial charge in [0.05, 0.1) is 5.92 Å². The van der Waals surface area contributed by atoms with Gasteiger partial charge in [-0.3, -0.25) is 14.4 Å². The number of rotatable bonds is 5. The Morgan fingerprint density at radius 3 is 2.45 bits per heavy atom. The van der Waals surface area contributed by atoms with Crippen LogP contribution in [0.2, 0.25) is 0 Å². The first kappa shape index (κ1) is 22.3. The van der Waals surface area contributed by atoms with Crippen LogP contribution in [0.4, 0.5) is 17.1 Å². The van der Waals surface area contributed by atoms with Crippen molar-refractivity contribution in [3.63, 3.8) is 0 Å². The molecule has 0 saturated carbocycles. The molecule has 33 heavy (non-hydrogen) atoms. The molecule has 3 aromatic rings. The molecule has 0 aliphatic carbocycles. The lowest BCUT2D eigenvalue weighted by Crippen LogP contribution is -2.28. The number of hydrogen-bond acceptors (Lipinski definition) is 3. The van der Waals surface area contributed by atoms with Gasteiger partial charge < -0.3 is 15.5 Å². The zero-order valence-corrected chi connectivity index (χ0v) is 19.0. The van der Waals surface area contributed by atoms with E-state index < -0.39 is 5.92 Å². The minimum absolute atomic E-state index is 0.132. The number of carbonyl (C=O) groups is 3. The number of carbonyl (C=O) groups excluding carboxylic acids is 3. The summed E-state index contributed by atoms with van der Waals surface area (Å²) in [5.74, 6) is -1.01. The van der Waals surface area contributed by atoms with Gasteiger partial charge in [0.25, 0.3) is 5.91 Å². The van der Waals surface area contributed by atoms with Crippen LogP contribution in [-0.2, 0) is 9.59 Å². The normalized spacial score (nSPS) is 15.4. The molecule has 1 fully saturated rings. The number of benzene rings is 3. The van der Waals surface area contributed by atoms with E-state index >= 15 is 0 Å². The lowest BCUT2D eigenvalue weighted by Gasteiger charge is -2.18. The third kappa shape index (κ3) is 4.95. The SMILES string of the molecule is Cc1cccc(NC(=O)c2cccc(N3CC(C(=O)Nc4cccc(C)c4C)CC3=O)c2)c1. The molecule has 1 unspecified atom stereocenters. The zero-order valence-electron chi connectivity index (χ0n) is 19.0. The molecule has 6 nitrogen and oxygen atoms in total. The molecule has 1 atom stereocenters. The molecule has 1 aliphatic rings. The molecule has 1 saturated heterocycles. The molecule has 0 radical (unpaired) electrons. The smallest absolute Gasteiger partial charge is 0.255 e. The number of nitrogens with one attached hydrogen (secondary N) is 2. The molecule has 168 valence electrons. The molecule has 6 heteroatoms. The summed E-state index contributed by atoms with van der Waals surface area (Å²) >= 11 is 0. The van der Waals surface area contributed by atoms with Gasteiger partial charge in [0.1, 0.15) is 0 Å². The molecule has 0 spiro atoms. The monoisotopic (exact) mass is 441 g/mol. The van der Waals surface area contributed by atoms with Gasteiger partial charge in [-0.1, -0.05) is 30.3 Å². The molecule has 3 amide bonds. The first-order valence-electron chi connectivity index (χ1n) is 11.0. The van der Waals surface area contributed by atoms with Gasteiger partial charge in [-0.2, -0.15) is 0 Å². The Bertz CT molecular complexity index is 1230. The van der Waals surface area contributed by atoms with Crippen molar-refractivity contribution in [3.8, 4) is 0 Å². The molecule has 0 bridgehead atoms. The van der Waals surface area contributed by atoms with Crippen molar-refractivity contribution in [2.24, 2.45) is 5.92 Å². The number of hydrogen-bond donors (Lipinski definition) is 2. The maximum atomic E-state index is 12.9. The molecular formula is C27H27N3O3. The standard InChI is InChI=1S/C27H27N3O3/c1-17-7-4-10-22(13-17)28-26(32)20-9-6-11-23(14-20)30-16-21(15-25(30)31)27(33)29-24-12-5-8-18(2)19(24)3/h4-14,21H,15-16H2,1-3H3,(H,28,32)(H,29,33). The van der Waals surface area contributed by atoms with Crippen LogP contribution in [0.25, 0.3) is 0 Å². The van der Waals surface area contributed by atoms with Crippen LogP contribution in [0.3, 0.4) is 0 Å². The van der Waals surface area contributed by atoms with Crippen LogP contribution in [-0.4, -0.2) is 24.3 Å². The Hall–Kier alpha value is -3.93. The zero-order chi connectivity index (χ0) is 23.5. The van der Waals surface area contributed by atoms with Crippen molar-refractivity contribution < 1.29 is 14.4 Å². The lowest BCUT2D eigenvalue weighted by molar-refractivity contribution is -0.122. The number of aryl methyl sites for hydroxylation is 2. The first-order chi connectivity index (χ1) is 15.8.